The summed E-state index contributed by atoms with van der Waals surface area (Å²) in [4.78, 5) is 0.284. The maximum absolute atomic E-state index is 5.35. The Hall–Kier alpha value is -0.670. The number of methoxy groups -OCH3 is 1. The molecule has 2 nitrogen and oxygen atoms in total. The Kier molecular flexibility index (Phi) is 3.29. The van der Waals surface area contributed by atoms with Gasteiger partial charge in [0.15, 0.2) is 0 Å². The molecule has 0 bridgehead atoms. The van der Waals surface area contributed by atoms with Crippen molar-refractivity contribution in [2.45, 2.75) is 31.1 Å². The van der Waals surface area contributed by atoms with E-state index < -0.39 is 0 Å². The summed E-state index contributed by atoms with van der Waals surface area (Å²) in [6.45, 7) is 3.49. The summed E-state index contributed by atoms with van der Waals surface area (Å²) in [5.74, 6) is 3.07. The molecule has 1 fully saturated rings. The van der Waals surface area contributed by atoms with Crippen molar-refractivity contribution in [2.75, 3.05) is 19.4 Å². The lowest BCUT2D eigenvalue weighted by atomic mass is 9.87. The zero-order valence-electron chi connectivity index (χ0n) is 11.2. The van der Waals surface area contributed by atoms with Crippen LogP contribution in [0.2, 0.25) is 0 Å². The summed E-state index contributed by atoms with van der Waals surface area (Å²) in [5.41, 5.74) is 2.97. The van der Waals surface area contributed by atoms with Crippen molar-refractivity contribution in [1.82, 2.24) is 5.32 Å². The third-order valence-corrected chi connectivity index (χ3v) is 5.89. The Bertz CT molecular complexity index is 438. The van der Waals surface area contributed by atoms with Gasteiger partial charge in [0.05, 0.1) is 12.0 Å². The smallest absolute Gasteiger partial charge is 0.119 e. The highest BCUT2D eigenvalue weighted by Gasteiger charge is 2.37. The summed E-state index contributed by atoms with van der Waals surface area (Å²) in [7, 11) is 1.75. The van der Waals surface area contributed by atoms with Gasteiger partial charge in [-0.25, -0.2) is 0 Å². The van der Waals surface area contributed by atoms with E-state index in [2.05, 4.69) is 42.2 Å². The minimum absolute atomic E-state index is 0.284. The first-order valence-electron chi connectivity index (χ1n) is 6.75. The van der Waals surface area contributed by atoms with Gasteiger partial charge in [0.2, 0.25) is 0 Å². The standard InChI is InChI=1S/C15H21NOS/c1-11-9-16-15(18-10-11)6-5-12-3-4-14(17-2)7-13(12)8-15/h3-4,7,11,16H,5-6,8-10H2,1-2H3. The first-order chi connectivity index (χ1) is 8.71. The van der Waals surface area contributed by atoms with Crippen LogP contribution in [0.5, 0.6) is 5.75 Å². The van der Waals surface area contributed by atoms with Gasteiger partial charge in [-0.05, 0) is 54.3 Å². The van der Waals surface area contributed by atoms with Gasteiger partial charge in [-0.3, -0.25) is 0 Å². The van der Waals surface area contributed by atoms with E-state index in [-0.39, 0.29) is 4.87 Å². The van der Waals surface area contributed by atoms with Crippen molar-refractivity contribution < 1.29 is 4.74 Å². The fourth-order valence-electron chi connectivity index (χ4n) is 2.92. The van der Waals surface area contributed by atoms with Gasteiger partial charge in [-0.15, -0.1) is 11.8 Å². The van der Waals surface area contributed by atoms with Crippen LogP contribution in [-0.4, -0.2) is 24.3 Å². The van der Waals surface area contributed by atoms with Gasteiger partial charge in [-0.2, -0.15) is 0 Å². The maximum Gasteiger partial charge on any atom is 0.119 e. The molecule has 98 valence electrons. The number of hydrogen-bond acceptors (Lipinski definition) is 3. The molecule has 1 spiro atoms. The molecule has 1 saturated heterocycles. The molecule has 2 atom stereocenters. The number of fused-ring (bicyclic) bond motifs is 1. The van der Waals surface area contributed by atoms with Gasteiger partial charge in [0.25, 0.3) is 0 Å². The first-order valence-corrected chi connectivity index (χ1v) is 7.74. The van der Waals surface area contributed by atoms with Crippen molar-refractivity contribution >= 4 is 11.8 Å². The monoisotopic (exact) mass is 263 g/mol. The van der Waals surface area contributed by atoms with Crippen LogP contribution in [0.15, 0.2) is 18.2 Å². The predicted molar refractivity (Wildman–Crippen MR) is 77.4 cm³/mol. The number of nitrogens with one attached hydrogen (secondary N) is 1. The van der Waals surface area contributed by atoms with Crippen LogP contribution < -0.4 is 10.1 Å². The SMILES string of the molecule is COc1ccc2c(c1)CC1(CC2)NCC(C)CS1. The molecular formula is C15H21NOS. The Balaban J connectivity index is 1.83. The summed E-state index contributed by atoms with van der Waals surface area (Å²) in [6, 6.07) is 6.54. The molecule has 2 aliphatic rings. The van der Waals surface area contributed by atoms with Crippen LogP contribution in [0.3, 0.4) is 0 Å². The summed E-state index contributed by atoms with van der Waals surface area (Å²) in [6.07, 6.45) is 3.58. The number of ether oxygens (including phenoxy) is 1. The van der Waals surface area contributed by atoms with Crippen LogP contribution in [-0.2, 0) is 12.8 Å². The van der Waals surface area contributed by atoms with Crippen molar-refractivity contribution in [1.29, 1.82) is 0 Å². The average molecular weight is 263 g/mol. The highest BCUT2D eigenvalue weighted by molar-refractivity contribution is 8.00. The lowest BCUT2D eigenvalue weighted by molar-refractivity contribution is 0.370. The molecule has 18 heavy (non-hydrogen) atoms. The Morgan fingerprint density at radius 1 is 1.39 bits per heavy atom. The van der Waals surface area contributed by atoms with Crippen molar-refractivity contribution in [3.63, 3.8) is 0 Å². The molecule has 1 N–H and O–H groups in total. The van der Waals surface area contributed by atoms with Gasteiger partial charge in [0, 0.05) is 6.42 Å². The molecule has 1 aromatic carbocycles. The molecule has 0 amide bonds. The number of benzene rings is 1. The zero-order chi connectivity index (χ0) is 12.6. The normalized spacial score (nSPS) is 31.1. The van der Waals surface area contributed by atoms with E-state index in [9.17, 15) is 0 Å². The van der Waals surface area contributed by atoms with Gasteiger partial charge >= 0.3 is 0 Å². The largest absolute Gasteiger partial charge is 0.497 e. The third-order valence-electron chi connectivity index (χ3n) is 4.10. The van der Waals surface area contributed by atoms with Crippen LogP contribution in [0.1, 0.15) is 24.5 Å². The topological polar surface area (TPSA) is 21.3 Å². The lowest BCUT2D eigenvalue weighted by Gasteiger charge is -2.43. The number of thioether (sulfide) groups is 1. The molecule has 2 unspecified atom stereocenters. The number of hydrogen-bond donors (Lipinski definition) is 1. The molecule has 0 aromatic heterocycles. The second kappa shape index (κ2) is 4.78. The predicted octanol–water partition coefficient (Wildman–Crippen LogP) is 2.85. The minimum Gasteiger partial charge on any atom is -0.497 e. The third kappa shape index (κ3) is 2.26. The van der Waals surface area contributed by atoms with Gasteiger partial charge in [0.1, 0.15) is 5.75 Å². The molecule has 1 heterocycles. The van der Waals surface area contributed by atoms with Crippen molar-refractivity contribution in [3.8, 4) is 5.75 Å². The molecule has 3 rings (SSSR count). The maximum atomic E-state index is 5.35. The quantitative estimate of drug-likeness (QED) is 0.842. The lowest BCUT2D eigenvalue weighted by Crippen LogP contribution is -2.52. The fourth-order valence-corrected chi connectivity index (χ4v) is 4.33. The van der Waals surface area contributed by atoms with Crippen LogP contribution in [0, 0.1) is 5.92 Å². The molecule has 0 saturated carbocycles. The summed E-state index contributed by atoms with van der Waals surface area (Å²) < 4.78 is 5.35. The second-order valence-corrected chi connectivity index (χ2v) is 7.01. The second-order valence-electron chi connectivity index (χ2n) is 5.60. The van der Waals surface area contributed by atoms with Crippen LogP contribution in [0.25, 0.3) is 0 Å². The van der Waals surface area contributed by atoms with E-state index in [0.717, 1.165) is 24.6 Å². The van der Waals surface area contributed by atoms with E-state index in [4.69, 9.17) is 4.74 Å². The Labute approximate surface area is 113 Å². The van der Waals surface area contributed by atoms with E-state index >= 15 is 0 Å². The molecule has 1 aromatic rings. The van der Waals surface area contributed by atoms with E-state index in [1.807, 2.05) is 0 Å². The van der Waals surface area contributed by atoms with E-state index in [0.29, 0.717) is 0 Å². The Morgan fingerprint density at radius 3 is 3.00 bits per heavy atom. The zero-order valence-corrected chi connectivity index (χ0v) is 12.0. The first kappa shape index (κ1) is 12.4. The Morgan fingerprint density at radius 2 is 2.28 bits per heavy atom. The average Bonchev–Trinajstić information content (AvgIpc) is 2.41. The van der Waals surface area contributed by atoms with Crippen molar-refractivity contribution in [3.05, 3.63) is 29.3 Å². The minimum atomic E-state index is 0.284. The summed E-state index contributed by atoms with van der Waals surface area (Å²) >= 11 is 2.12. The van der Waals surface area contributed by atoms with Crippen LogP contribution in [0.4, 0.5) is 0 Å². The molecular weight excluding hydrogens is 242 g/mol. The van der Waals surface area contributed by atoms with Gasteiger partial charge in [-0.1, -0.05) is 13.0 Å². The highest BCUT2D eigenvalue weighted by atomic mass is 32.2. The molecule has 3 heteroatoms. The van der Waals surface area contributed by atoms with Crippen LogP contribution >= 0.6 is 11.8 Å². The highest BCUT2D eigenvalue weighted by Crippen LogP contribution is 2.40. The van der Waals surface area contributed by atoms with Gasteiger partial charge < -0.3 is 10.1 Å². The van der Waals surface area contributed by atoms with E-state index in [1.165, 1.54) is 29.7 Å². The fraction of sp³-hybridized carbons (Fsp3) is 0.600. The van der Waals surface area contributed by atoms with Crippen molar-refractivity contribution in [2.24, 2.45) is 5.92 Å². The molecule has 0 radical (unpaired) electrons. The molecule has 1 aliphatic carbocycles. The number of rotatable bonds is 1. The molecule has 1 aliphatic heterocycles. The van der Waals surface area contributed by atoms with E-state index in [1.54, 1.807) is 7.11 Å². The summed E-state index contributed by atoms with van der Waals surface area (Å²) in [5, 5.41) is 3.78. The number of aryl methyl sites for hydroxylation is 1.